The van der Waals surface area contributed by atoms with E-state index in [9.17, 15) is 9.59 Å². The zero-order valence-corrected chi connectivity index (χ0v) is 19.9. The highest BCUT2D eigenvalue weighted by Crippen LogP contribution is 2.39. The largest absolute Gasteiger partial charge is 0.369 e. The minimum absolute atomic E-state index is 0.0239. The van der Waals surface area contributed by atoms with Gasteiger partial charge in [0.2, 0.25) is 11.9 Å². The average molecular weight is 501 g/mol. The van der Waals surface area contributed by atoms with Crippen LogP contribution < -0.4 is 16.0 Å². The van der Waals surface area contributed by atoms with E-state index in [0.29, 0.717) is 48.0 Å². The Morgan fingerprint density at radius 2 is 1.97 bits per heavy atom. The molecule has 0 bridgehead atoms. The SMILES string of the molecule is O=C1CC(CNc2ncnc3[nH]cc(C(=O)c4ccc(Nc5ccc(C6CC6)nc5)nc4F)c23)CCN1. The summed E-state index contributed by atoms with van der Waals surface area (Å²) >= 11 is 0. The van der Waals surface area contributed by atoms with E-state index in [2.05, 4.69) is 40.9 Å². The number of aromatic amines is 1. The summed E-state index contributed by atoms with van der Waals surface area (Å²) in [7, 11) is 0. The van der Waals surface area contributed by atoms with Crippen LogP contribution in [-0.2, 0) is 4.79 Å². The Morgan fingerprint density at radius 3 is 2.73 bits per heavy atom. The number of nitrogens with one attached hydrogen (secondary N) is 4. The number of hydrogen-bond acceptors (Lipinski definition) is 8. The molecular weight excluding hydrogens is 475 g/mol. The van der Waals surface area contributed by atoms with Crippen LogP contribution in [0.4, 0.5) is 21.7 Å². The van der Waals surface area contributed by atoms with Crippen molar-refractivity contribution in [3.63, 3.8) is 0 Å². The van der Waals surface area contributed by atoms with Crippen molar-refractivity contribution in [3.05, 3.63) is 65.8 Å². The van der Waals surface area contributed by atoms with Crippen molar-refractivity contribution in [3.8, 4) is 0 Å². The number of pyridine rings is 2. The van der Waals surface area contributed by atoms with E-state index in [-0.39, 0.29) is 28.8 Å². The van der Waals surface area contributed by atoms with E-state index in [4.69, 9.17) is 0 Å². The van der Waals surface area contributed by atoms with Crippen LogP contribution in [0.2, 0.25) is 0 Å². The Balaban J connectivity index is 1.21. The van der Waals surface area contributed by atoms with Gasteiger partial charge in [-0.25, -0.2) is 15.0 Å². The van der Waals surface area contributed by atoms with Gasteiger partial charge in [0.05, 0.1) is 28.4 Å². The third-order valence-corrected chi connectivity index (χ3v) is 6.77. The van der Waals surface area contributed by atoms with Crippen LogP contribution in [0, 0.1) is 11.9 Å². The maximum absolute atomic E-state index is 15.0. The molecule has 1 unspecified atom stereocenters. The summed E-state index contributed by atoms with van der Waals surface area (Å²) in [5, 5.41) is 9.57. The van der Waals surface area contributed by atoms with Gasteiger partial charge in [-0.1, -0.05) is 0 Å². The van der Waals surface area contributed by atoms with Gasteiger partial charge in [0.25, 0.3) is 0 Å². The van der Waals surface area contributed by atoms with Gasteiger partial charge in [-0.15, -0.1) is 0 Å². The Kier molecular flexibility index (Phi) is 5.95. The van der Waals surface area contributed by atoms with E-state index < -0.39 is 11.7 Å². The summed E-state index contributed by atoms with van der Waals surface area (Å²) in [4.78, 5) is 44.9. The molecule has 37 heavy (non-hydrogen) atoms. The number of H-pyrrole nitrogens is 1. The number of aromatic nitrogens is 5. The number of fused-ring (bicyclic) bond motifs is 1. The lowest BCUT2D eigenvalue weighted by molar-refractivity contribution is -0.123. The minimum Gasteiger partial charge on any atom is -0.369 e. The molecular formula is C26H25FN8O2. The van der Waals surface area contributed by atoms with Gasteiger partial charge < -0.3 is 20.9 Å². The molecule has 4 aromatic heterocycles. The fourth-order valence-electron chi connectivity index (χ4n) is 4.61. The van der Waals surface area contributed by atoms with Crippen molar-refractivity contribution in [1.82, 2.24) is 30.2 Å². The van der Waals surface area contributed by atoms with Gasteiger partial charge in [0.1, 0.15) is 23.6 Å². The maximum Gasteiger partial charge on any atom is 0.226 e. The fraction of sp³-hybridized carbons (Fsp3) is 0.308. The van der Waals surface area contributed by atoms with Gasteiger partial charge in [-0.3, -0.25) is 14.6 Å². The minimum atomic E-state index is -0.883. The van der Waals surface area contributed by atoms with Gasteiger partial charge in [0, 0.05) is 37.3 Å². The van der Waals surface area contributed by atoms with Crippen LogP contribution in [0.25, 0.3) is 11.0 Å². The van der Waals surface area contributed by atoms with Gasteiger partial charge in [-0.05, 0) is 49.4 Å². The zero-order valence-electron chi connectivity index (χ0n) is 19.9. The van der Waals surface area contributed by atoms with Gasteiger partial charge in [0.15, 0.2) is 5.78 Å². The molecule has 1 saturated heterocycles. The number of ketones is 1. The Labute approximate surface area is 211 Å². The highest BCUT2D eigenvalue weighted by molar-refractivity contribution is 6.18. The summed E-state index contributed by atoms with van der Waals surface area (Å²) in [6.45, 7) is 1.16. The van der Waals surface area contributed by atoms with Crippen molar-refractivity contribution >= 4 is 40.0 Å². The Bertz CT molecular complexity index is 1480. The van der Waals surface area contributed by atoms with Gasteiger partial charge in [-0.2, -0.15) is 4.39 Å². The number of piperidine rings is 1. The van der Waals surface area contributed by atoms with E-state index in [1.54, 1.807) is 12.3 Å². The number of hydrogen-bond donors (Lipinski definition) is 4. The molecule has 1 saturated carbocycles. The van der Waals surface area contributed by atoms with Gasteiger partial charge >= 0.3 is 0 Å². The molecule has 10 nitrogen and oxygen atoms in total. The molecule has 5 heterocycles. The fourth-order valence-corrected chi connectivity index (χ4v) is 4.61. The summed E-state index contributed by atoms with van der Waals surface area (Å²) in [6, 6.07) is 6.82. The lowest BCUT2D eigenvalue weighted by atomic mass is 9.97. The number of carbonyl (C=O) groups is 2. The predicted octanol–water partition coefficient (Wildman–Crippen LogP) is 3.68. The van der Waals surface area contributed by atoms with Crippen LogP contribution in [0.1, 0.15) is 53.2 Å². The monoisotopic (exact) mass is 500 g/mol. The normalized spacial score (nSPS) is 17.4. The van der Waals surface area contributed by atoms with Crippen molar-refractivity contribution < 1.29 is 14.0 Å². The van der Waals surface area contributed by atoms with Crippen molar-refractivity contribution in [2.24, 2.45) is 5.92 Å². The van der Waals surface area contributed by atoms with E-state index in [1.165, 1.54) is 31.4 Å². The molecule has 188 valence electrons. The van der Waals surface area contributed by atoms with Crippen LogP contribution in [0.3, 0.4) is 0 Å². The lowest BCUT2D eigenvalue weighted by Gasteiger charge is -2.22. The van der Waals surface area contributed by atoms with E-state index in [1.807, 2.05) is 12.1 Å². The molecule has 0 aromatic carbocycles. The molecule has 2 aliphatic rings. The number of anilines is 3. The highest BCUT2D eigenvalue weighted by atomic mass is 19.1. The first-order valence-corrected chi connectivity index (χ1v) is 12.3. The second-order valence-corrected chi connectivity index (χ2v) is 9.47. The Hall–Kier alpha value is -4.41. The first kappa shape index (κ1) is 23.0. The molecule has 6 rings (SSSR count). The third kappa shape index (κ3) is 4.84. The van der Waals surface area contributed by atoms with Crippen LogP contribution >= 0.6 is 0 Å². The summed E-state index contributed by atoms with van der Waals surface area (Å²) in [6.07, 6.45) is 8.20. The number of halogens is 1. The van der Waals surface area contributed by atoms with E-state index in [0.717, 1.165) is 12.1 Å². The number of rotatable bonds is 8. The smallest absolute Gasteiger partial charge is 0.226 e. The molecule has 1 amide bonds. The Morgan fingerprint density at radius 1 is 1.08 bits per heavy atom. The molecule has 4 N–H and O–H groups in total. The van der Waals surface area contributed by atoms with Crippen LogP contribution in [0.15, 0.2) is 43.0 Å². The highest BCUT2D eigenvalue weighted by Gasteiger charge is 2.25. The molecule has 1 aliphatic carbocycles. The molecule has 1 aliphatic heterocycles. The summed E-state index contributed by atoms with van der Waals surface area (Å²) in [5.41, 5.74) is 2.28. The molecule has 4 aromatic rings. The molecule has 2 fully saturated rings. The summed E-state index contributed by atoms with van der Waals surface area (Å²) < 4.78 is 15.0. The molecule has 0 radical (unpaired) electrons. The summed E-state index contributed by atoms with van der Waals surface area (Å²) in [5.74, 6) is 0.0361. The predicted molar refractivity (Wildman–Crippen MR) is 135 cm³/mol. The number of nitrogens with zero attached hydrogens (tertiary/aromatic N) is 4. The van der Waals surface area contributed by atoms with Crippen molar-refractivity contribution in [2.75, 3.05) is 23.7 Å². The van der Waals surface area contributed by atoms with Crippen molar-refractivity contribution in [1.29, 1.82) is 0 Å². The molecule has 1 atom stereocenters. The number of amides is 1. The average Bonchev–Trinajstić information content (AvgIpc) is 3.66. The lowest BCUT2D eigenvalue weighted by Crippen LogP contribution is -2.36. The molecule has 11 heteroatoms. The standard InChI is InChI=1S/C26H25FN8O2/c27-24-17(4-6-20(35-24)34-16-3-5-19(29-11-16)15-1-2-15)23(37)18-12-31-26-22(18)25(32-13-33-26)30-10-14-7-8-28-21(36)9-14/h3-6,11-15H,1-2,7-10H2,(H,28,36)(H,34,35)(H2,30,31,32,33). The first-order chi connectivity index (χ1) is 18.0. The second kappa shape index (κ2) is 9.57. The zero-order chi connectivity index (χ0) is 25.4. The van der Waals surface area contributed by atoms with E-state index >= 15 is 4.39 Å². The quantitative estimate of drug-likeness (QED) is 0.212. The third-order valence-electron chi connectivity index (χ3n) is 6.77. The van der Waals surface area contributed by atoms with Crippen LogP contribution in [-0.4, -0.2) is 49.7 Å². The maximum atomic E-state index is 15.0. The second-order valence-electron chi connectivity index (χ2n) is 9.47. The topological polar surface area (TPSA) is 138 Å². The van der Waals surface area contributed by atoms with Crippen LogP contribution in [0.5, 0.6) is 0 Å². The first-order valence-electron chi connectivity index (χ1n) is 12.3. The number of carbonyl (C=O) groups excluding carboxylic acids is 2. The van der Waals surface area contributed by atoms with Crippen molar-refractivity contribution in [2.45, 2.75) is 31.6 Å². The molecule has 0 spiro atoms.